The zero-order chi connectivity index (χ0) is 12.9. The molecular formula is C11H24ClN3O2. The van der Waals surface area contributed by atoms with E-state index >= 15 is 0 Å². The van der Waals surface area contributed by atoms with Crippen molar-refractivity contribution in [1.29, 1.82) is 0 Å². The Morgan fingerprint density at radius 1 is 1.24 bits per heavy atom. The topological polar surface area (TPSA) is 66.6 Å². The van der Waals surface area contributed by atoms with Gasteiger partial charge in [0.15, 0.2) is 0 Å². The Bertz CT molecular complexity index is 259. The number of halogens is 1. The lowest BCUT2D eigenvalue weighted by Crippen LogP contribution is -2.48. The van der Waals surface area contributed by atoms with Gasteiger partial charge >= 0.3 is 0 Å². The predicted octanol–water partition coefficient (Wildman–Crippen LogP) is 0.328. The van der Waals surface area contributed by atoms with Crippen LogP contribution in [0.4, 0.5) is 0 Å². The van der Waals surface area contributed by atoms with Crippen LogP contribution >= 0.6 is 12.4 Å². The highest BCUT2D eigenvalue weighted by Gasteiger charge is 2.24. The molecule has 0 fully saturated rings. The van der Waals surface area contributed by atoms with E-state index in [9.17, 15) is 9.59 Å². The Kier molecular flexibility index (Phi) is 9.06. The molecule has 0 aromatic heterocycles. The van der Waals surface area contributed by atoms with Crippen molar-refractivity contribution in [2.24, 2.45) is 11.7 Å². The maximum atomic E-state index is 11.8. The van der Waals surface area contributed by atoms with Gasteiger partial charge in [-0.1, -0.05) is 20.3 Å². The number of carbonyl (C=O) groups is 2. The summed E-state index contributed by atoms with van der Waals surface area (Å²) >= 11 is 0. The van der Waals surface area contributed by atoms with Gasteiger partial charge in [-0.2, -0.15) is 0 Å². The van der Waals surface area contributed by atoms with Crippen LogP contribution in [0, 0.1) is 5.92 Å². The first-order valence-electron chi connectivity index (χ1n) is 5.51. The second-order valence-electron chi connectivity index (χ2n) is 4.39. The van der Waals surface area contributed by atoms with E-state index in [4.69, 9.17) is 5.73 Å². The van der Waals surface area contributed by atoms with Gasteiger partial charge in [0.25, 0.3) is 0 Å². The normalized spacial score (nSPS) is 13.3. The monoisotopic (exact) mass is 265 g/mol. The van der Waals surface area contributed by atoms with E-state index in [1.54, 1.807) is 21.1 Å². The zero-order valence-electron chi connectivity index (χ0n) is 11.3. The number of carbonyl (C=O) groups excluding carboxylic acids is 2. The summed E-state index contributed by atoms with van der Waals surface area (Å²) in [4.78, 5) is 26.1. The highest BCUT2D eigenvalue weighted by Crippen LogP contribution is 2.07. The molecule has 6 heteroatoms. The van der Waals surface area contributed by atoms with Crippen molar-refractivity contribution in [3.8, 4) is 0 Å². The van der Waals surface area contributed by atoms with Gasteiger partial charge < -0.3 is 15.5 Å². The molecule has 2 amide bonds. The molecule has 5 nitrogen and oxygen atoms in total. The standard InChI is InChI=1S/C11H23N3O2.ClH/c1-6-8(2)10(12)11(16)14(5)7-9(15)13(3)4;/h8,10H,6-7,12H2,1-5H3;1H. The number of amides is 2. The van der Waals surface area contributed by atoms with E-state index in [1.165, 1.54) is 9.80 Å². The molecule has 0 heterocycles. The Morgan fingerprint density at radius 2 is 1.71 bits per heavy atom. The van der Waals surface area contributed by atoms with Gasteiger partial charge in [0.2, 0.25) is 11.8 Å². The third-order valence-corrected chi connectivity index (χ3v) is 2.79. The number of rotatable bonds is 5. The predicted molar refractivity (Wildman–Crippen MR) is 71.0 cm³/mol. The van der Waals surface area contributed by atoms with Gasteiger partial charge in [0, 0.05) is 21.1 Å². The summed E-state index contributed by atoms with van der Waals surface area (Å²) in [5, 5.41) is 0. The maximum Gasteiger partial charge on any atom is 0.241 e. The van der Waals surface area contributed by atoms with Crippen LogP contribution in [-0.2, 0) is 9.59 Å². The first-order valence-corrected chi connectivity index (χ1v) is 5.51. The third-order valence-electron chi connectivity index (χ3n) is 2.79. The van der Waals surface area contributed by atoms with E-state index < -0.39 is 6.04 Å². The van der Waals surface area contributed by atoms with Gasteiger partial charge in [-0.25, -0.2) is 0 Å². The average molecular weight is 266 g/mol. The summed E-state index contributed by atoms with van der Waals surface area (Å²) < 4.78 is 0. The van der Waals surface area contributed by atoms with Crippen LogP contribution in [0.1, 0.15) is 20.3 Å². The van der Waals surface area contributed by atoms with Crippen molar-refractivity contribution in [3.63, 3.8) is 0 Å². The molecular weight excluding hydrogens is 242 g/mol. The minimum Gasteiger partial charge on any atom is -0.347 e. The lowest BCUT2D eigenvalue weighted by molar-refractivity contribution is -0.139. The van der Waals surface area contributed by atoms with E-state index in [1.807, 2.05) is 13.8 Å². The van der Waals surface area contributed by atoms with E-state index in [2.05, 4.69) is 0 Å². The number of likely N-dealkylation sites (N-methyl/N-ethyl adjacent to an activating group) is 2. The van der Waals surface area contributed by atoms with Crippen molar-refractivity contribution >= 4 is 24.2 Å². The quantitative estimate of drug-likeness (QED) is 0.779. The molecule has 0 aliphatic rings. The minimum atomic E-state index is -0.523. The third kappa shape index (κ3) is 5.89. The van der Waals surface area contributed by atoms with Crippen LogP contribution in [-0.4, -0.2) is 55.3 Å². The number of hydrogen-bond donors (Lipinski definition) is 1. The van der Waals surface area contributed by atoms with Crippen LogP contribution in [0.15, 0.2) is 0 Å². The molecule has 0 radical (unpaired) electrons. The molecule has 0 aliphatic heterocycles. The molecule has 17 heavy (non-hydrogen) atoms. The van der Waals surface area contributed by atoms with Crippen molar-refractivity contribution in [2.45, 2.75) is 26.3 Å². The van der Waals surface area contributed by atoms with Gasteiger partial charge in [0.1, 0.15) is 0 Å². The second-order valence-corrected chi connectivity index (χ2v) is 4.39. The molecule has 0 aliphatic carbocycles. The Morgan fingerprint density at radius 3 is 2.06 bits per heavy atom. The summed E-state index contributed by atoms with van der Waals surface area (Å²) in [6.07, 6.45) is 0.850. The smallest absolute Gasteiger partial charge is 0.241 e. The van der Waals surface area contributed by atoms with Crippen molar-refractivity contribution in [3.05, 3.63) is 0 Å². The molecule has 0 aromatic rings. The lowest BCUT2D eigenvalue weighted by Gasteiger charge is -2.25. The number of nitrogens with two attached hydrogens (primary N) is 1. The highest BCUT2D eigenvalue weighted by atomic mass is 35.5. The van der Waals surface area contributed by atoms with Crippen LogP contribution in [0.5, 0.6) is 0 Å². The molecule has 0 saturated heterocycles. The van der Waals surface area contributed by atoms with Crippen LogP contribution in [0.3, 0.4) is 0 Å². The van der Waals surface area contributed by atoms with Crippen LogP contribution in [0.25, 0.3) is 0 Å². The summed E-state index contributed by atoms with van der Waals surface area (Å²) in [5.41, 5.74) is 5.81. The SMILES string of the molecule is CCC(C)C(N)C(=O)N(C)CC(=O)N(C)C.Cl. The van der Waals surface area contributed by atoms with Crippen molar-refractivity contribution in [2.75, 3.05) is 27.7 Å². The molecule has 2 atom stereocenters. The second kappa shape index (κ2) is 8.31. The first kappa shape index (κ1) is 18.6. The lowest BCUT2D eigenvalue weighted by atomic mass is 9.99. The van der Waals surface area contributed by atoms with Crippen molar-refractivity contribution < 1.29 is 9.59 Å². The largest absolute Gasteiger partial charge is 0.347 e. The molecule has 0 aromatic carbocycles. The summed E-state index contributed by atoms with van der Waals surface area (Å²) in [5.74, 6) is -0.152. The number of hydrogen-bond acceptors (Lipinski definition) is 3. The Hall–Kier alpha value is -0.810. The first-order chi connectivity index (χ1) is 7.31. The van der Waals surface area contributed by atoms with Gasteiger partial charge in [0.05, 0.1) is 12.6 Å². The Labute approximate surface area is 110 Å². The molecule has 0 spiro atoms. The highest BCUT2D eigenvalue weighted by molar-refractivity contribution is 5.87. The van der Waals surface area contributed by atoms with Crippen LogP contribution < -0.4 is 5.73 Å². The van der Waals surface area contributed by atoms with Crippen molar-refractivity contribution in [1.82, 2.24) is 9.80 Å². The van der Waals surface area contributed by atoms with Gasteiger partial charge in [-0.05, 0) is 5.92 Å². The van der Waals surface area contributed by atoms with E-state index in [-0.39, 0.29) is 36.7 Å². The fourth-order valence-corrected chi connectivity index (χ4v) is 1.17. The molecule has 2 unspecified atom stereocenters. The van der Waals surface area contributed by atoms with Gasteiger partial charge in [-0.15, -0.1) is 12.4 Å². The summed E-state index contributed by atoms with van der Waals surface area (Å²) in [7, 11) is 4.93. The Balaban J connectivity index is 0. The molecule has 102 valence electrons. The zero-order valence-corrected chi connectivity index (χ0v) is 12.1. The maximum absolute atomic E-state index is 11.8. The molecule has 0 rings (SSSR count). The molecule has 2 N–H and O–H groups in total. The van der Waals surface area contributed by atoms with E-state index in [0.29, 0.717) is 0 Å². The molecule has 0 saturated carbocycles. The average Bonchev–Trinajstić information content (AvgIpc) is 2.25. The fraction of sp³-hybridized carbons (Fsp3) is 0.818. The summed E-state index contributed by atoms with van der Waals surface area (Å²) in [6.45, 7) is 4.00. The minimum absolute atomic E-state index is 0. The molecule has 0 bridgehead atoms. The summed E-state index contributed by atoms with van der Waals surface area (Å²) in [6, 6.07) is -0.523. The van der Waals surface area contributed by atoms with E-state index in [0.717, 1.165) is 6.42 Å². The fourth-order valence-electron chi connectivity index (χ4n) is 1.17. The number of nitrogens with zero attached hydrogens (tertiary/aromatic N) is 2. The van der Waals surface area contributed by atoms with Crippen LogP contribution in [0.2, 0.25) is 0 Å². The van der Waals surface area contributed by atoms with Gasteiger partial charge in [-0.3, -0.25) is 9.59 Å².